The average molecular weight is 287 g/mol. The summed E-state index contributed by atoms with van der Waals surface area (Å²) >= 11 is 0. The van der Waals surface area contributed by atoms with Crippen molar-refractivity contribution in [2.75, 3.05) is 14.2 Å². The first kappa shape index (κ1) is 13.5. The van der Waals surface area contributed by atoms with Crippen LogP contribution in [0.5, 0.6) is 17.2 Å². The SMILES string of the molecule is COc1ccc2c3c(c(=O)[nH]c2c1OC)C=CC(C)(C)O3. The second-order valence-electron chi connectivity index (χ2n) is 5.46. The number of rotatable bonds is 2. The van der Waals surface area contributed by atoms with Gasteiger partial charge in [0.05, 0.1) is 25.3 Å². The highest BCUT2D eigenvalue weighted by Gasteiger charge is 2.26. The van der Waals surface area contributed by atoms with E-state index in [1.54, 1.807) is 26.4 Å². The van der Waals surface area contributed by atoms with Gasteiger partial charge in [0.2, 0.25) is 0 Å². The molecule has 5 nitrogen and oxygen atoms in total. The van der Waals surface area contributed by atoms with Crippen molar-refractivity contribution in [1.29, 1.82) is 0 Å². The lowest BCUT2D eigenvalue weighted by atomic mass is 10.0. The molecule has 1 aromatic heterocycles. The molecule has 1 aliphatic rings. The Balaban J connectivity index is 2.40. The number of benzene rings is 1. The minimum absolute atomic E-state index is 0.212. The first-order chi connectivity index (χ1) is 9.96. The van der Waals surface area contributed by atoms with Crippen LogP contribution in [0.2, 0.25) is 0 Å². The van der Waals surface area contributed by atoms with Gasteiger partial charge >= 0.3 is 0 Å². The number of aromatic amines is 1. The second-order valence-corrected chi connectivity index (χ2v) is 5.46. The fourth-order valence-electron chi connectivity index (χ4n) is 2.51. The largest absolute Gasteiger partial charge is 0.493 e. The molecule has 2 aromatic rings. The number of H-pyrrole nitrogens is 1. The molecular formula is C16H17NO4. The van der Waals surface area contributed by atoms with Gasteiger partial charge in [-0.3, -0.25) is 4.79 Å². The molecule has 0 bridgehead atoms. The number of hydrogen-bond acceptors (Lipinski definition) is 4. The molecule has 3 rings (SSSR count). The van der Waals surface area contributed by atoms with E-state index in [1.165, 1.54) is 0 Å². The summed E-state index contributed by atoms with van der Waals surface area (Å²) in [7, 11) is 3.10. The fourth-order valence-corrected chi connectivity index (χ4v) is 2.51. The molecule has 0 atom stereocenters. The molecule has 1 N–H and O–H groups in total. The van der Waals surface area contributed by atoms with Crippen LogP contribution in [-0.2, 0) is 0 Å². The number of ether oxygens (including phenoxy) is 3. The second kappa shape index (κ2) is 4.55. The van der Waals surface area contributed by atoms with Crippen molar-refractivity contribution in [1.82, 2.24) is 4.98 Å². The smallest absolute Gasteiger partial charge is 0.259 e. The normalized spacial score (nSPS) is 15.4. The molecule has 0 amide bonds. The Morgan fingerprint density at radius 3 is 2.62 bits per heavy atom. The van der Waals surface area contributed by atoms with Crippen LogP contribution in [0.4, 0.5) is 0 Å². The quantitative estimate of drug-likeness (QED) is 0.922. The van der Waals surface area contributed by atoms with Gasteiger partial charge in [-0.05, 0) is 38.1 Å². The van der Waals surface area contributed by atoms with E-state index in [4.69, 9.17) is 14.2 Å². The number of aromatic nitrogens is 1. The fraction of sp³-hybridized carbons (Fsp3) is 0.312. The summed E-state index contributed by atoms with van der Waals surface area (Å²) < 4.78 is 16.6. The van der Waals surface area contributed by atoms with E-state index >= 15 is 0 Å². The summed E-state index contributed by atoms with van der Waals surface area (Å²) in [6, 6.07) is 3.66. The molecule has 0 saturated heterocycles. The van der Waals surface area contributed by atoms with Crippen molar-refractivity contribution >= 4 is 17.0 Å². The van der Waals surface area contributed by atoms with E-state index < -0.39 is 5.60 Å². The van der Waals surface area contributed by atoms with E-state index in [-0.39, 0.29) is 5.56 Å². The van der Waals surface area contributed by atoms with Crippen LogP contribution in [0.3, 0.4) is 0 Å². The van der Waals surface area contributed by atoms with E-state index in [9.17, 15) is 4.79 Å². The summed E-state index contributed by atoms with van der Waals surface area (Å²) in [6.45, 7) is 3.89. The summed E-state index contributed by atoms with van der Waals surface area (Å²) in [5.41, 5.74) is 0.428. The predicted molar refractivity (Wildman–Crippen MR) is 81.4 cm³/mol. The van der Waals surface area contributed by atoms with Crippen molar-refractivity contribution in [3.63, 3.8) is 0 Å². The molecule has 0 spiro atoms. The van der Waals surface area contributed by atoms with Crippen molar-refractivity contribution in [3.05, 3.63) is 34.1 Å². The third-order valence-electron chi connectivity index (χ3n) is 3.53. The maximum absolute atomic E-state index is 12.3. The van der Waals surface area contributed by atoms with E-state index in [0.717, 1.165) is 5.39 Å². The van der Waals surface area contributed by atoms with E-state index in [1.807, 2.05) is 26.0 Å². The molecule has 0 unspecified atom stereocenters. The molecule has 0 radical (unpaired) electrons. The van der Waals surface area contributed by atoms with Gasteiger partial charge in [-0.25, -0.2) is 0 Å². The third kappa shape index (κ3) is 2.05. The zero-order chi connectivity index (χ0) is 15.2. The van der Waals surface area contributed by atoms with Gasteiger partial charge in [0.15, 0.2) is 11.5 Å². The highest BCUT2D eigenvalue weighted by atomic mass is 16.5. The minimum atomic E-state index is -0.457. The van der Waals surface area contributed by atoms with Gasteiger partial charge in [-0.1, -0.05) is 0 Å². The highest BCUT2D eigenvalue weighted by Crippen LogP contribution is 2.40. The van der Waals surface area contributed by atoms with Crippen LogP contribution >= 0.6 is 0 Å². The Kier molecular flexibility index (Phi) is 2.93. The lowest BCUT2D eigenvalue weighted by Crippen LogP contribution is -2.30. The zero-order valence-corrected chi connectivity index (χ0v) is 12.4. The molecule has 1 aromatic carbocycles. The van der Waals surface area contributed by atoms with Gasteiger partial charge in [-0.15, -0.1) is 0 Å². The Morgan fingerprint density at radius 1 is 1.19 bits per heavy atom. The van der Waals surface area contributed by atoms with Crippen LogP contribution in [0.15, 0.2) is 23.0 Å². The Labute approximate surface area is 122 Å². The van der Waals surface area contributed by atoms with Crippen LogP contribution in [0.1, 0.15) is 19.4 Å². The van der Waals surface area contributed by atoms with Crippen molar-refractivity contribution in [3.8, 4) is 17.2 Å². The number of methoxy groups -OCH3 is 2. The van der Waals surface area contributed by atoms with Gasteiger partial charge in [0.1, 0.15) is 11.4 Å². The summed E-state index contributed by atoms with van der Waals surface area (Å²) in [4.78, 5) is 15.1. The van der Waals surface area contributed by atoms with E-state index in [2.05, 4.69) is 4.98 Å². The summed E-state index contributed by atoms with van der Waals surface area (Å²) in [5, 5.41) is 0.791. The molecule has 1 aliphatic heterocycles. The topological polar surface area (TPSA) is 60.6 Å². The molecule has 0 saturated carbocycles. The summed E-state index contributed by atoms with van der Waals surface area (Å²) in [6.07, 6.45) is 3.67. The number of nitrogens with one attached hydrogen (secondary N) is 1. The molecular weight excluding hydrogens is 270 g/mol. The zero-order valence-electron chi connectivity index (χ0n) is 12.4. The average Bonchev–Trinajstić information content (AvgIpc) is 2.45. The number of hydrogen-bond donors (Lipinski definition) is 1. The highest BCUT2D eigenvalue weighted by molar-refractivity contribution is 5.94. The van der Waals surface area contributed by atoms with Crippen molar-refractivity contribution in [2.24, 2.45) is 0 Å². The number of fused-ring (bicyclic) bond motifs is 3. The van der Waals surface area contributed by atoms with Crippen LogP contribution in [0.25, 0.3) is 17.0 Å². The molecule has 5 heteroatoms. The Bertz CT molecular complexity index is 802. The van der Waals surface area contributed by atoms with Crippen molar-refractivity contribution < 1.29 is 14.2 Å². The van der Waals surface area contributed by atoms with Gasteiger partial charge < -0.3 is 19.2 Å². The predicted octanol–water partition coefficient (Wildman–Crippen LogP) is 2.73. The molecule has 110 valence electrons. The van der Waals surface area contributed by atoms with Gasteiger partial charge in [0.25, 0.3) is 5.56 Å². The van der Waals surface area contributed by atoms with Gasteiger partial charge in [-0.2, -0.15) is 0 Å². The standard InChI is InChI=1S/C16H17NO4/c1-16(2)8-7-10-13(21-16)9-5-6-11(19-3)14(20-4)12(9)17-15(10)18/h5-8H,1-4H3,(H,17,18). The van der Waals surface area contributed by atoms with Crippen LogP contribution < -0.4 is 19.8 Å². The van der Waals surface area contributed by atoms with Crippen LogP contribution in [-0.4, -0.2) is 24.8 Å². The first-order valence-electron chi connectivity index (χ1n) is 6.66. The Morgan fingerprint density at radius 2 is 1.95 bits per heavy atom. The monoisotopic (exact) mass is 287 g/mol. The molecule has 2 heterocycles. The maximum atomic E-state index is 12.3. The molecule has 0 fully saturated rings. The van der Waals surface area contributed by atoms with Crippen molar-refractivity contribution in [2.45, 2.75) is 19.4 Å². The molecule has 21 heavy (non-hydrogen) atoms. The van der Waals surface area contributed by atoms with E-state index in [0.29, 0.717) is 28.3 Å². The Hall–Kier alpha value is -2.43. The third-order valence-corrected chi connectivity index (χ3v) is 3.53. The summed E-state index contributed by atoms with van der Waals surface area (Å²) in [5.74, 6) is 1.62. The maximum Gasteiger partial charge on any atom is 0.259 e. The molecule has 0 aliphatic carbocycles. The number of pyridine rings is 1. The first-order valence-corrected chi connectivity index (χ1v) is 6.66. The lowest BCUT2D eigenvalue weighted by Gasteiger charge is -2.28. The van der Waals surface area contributed by atoms with Gasteiger partial charge in [0, 0.05) is 5.39 Å². The minimum Gasteiger partial charge on any atom is -0.493 e. The van der Waals surface area contributed by atoms with Crippen LogP contribution in [0, 0.1) is 0 Å². The lowest BCUT2D eigenvalue weighted by molar-refractivity contribution is 0.161.